The van der Waals surface area contributed by atoms with E-state index in [1.807, 2.05) is 6.92 Å². The molecule has 0 amide bonds. The standard InChI is InChI=1S/C15H28O3/c1-2-17-13-9-5-8-12-15(16)18-14-10-6-3-4-7-11-14/h14H,2-13H2,1H3. The summed E-state index contributed by atoms with van der Waals surface area (Å²) >= 11 is 0. The Labute approximate surface area is 111 Å². The van der Waals surface area contributed by atoms with Crippen LogP contribution >= 0.6 is 0 Å². The highest BCUT2D eigenvalue weighted by Crippen LogP contribution is 2.20. The van der Waals surface area contributed by atoms with Crippen molar-refractivity contribution in [3.8, 4) is 0 Å². The Morgan fingerprint density at radius 1 is 1.06 bits per heavy atom. The average Bonchev–Trinajstić information content (AvgIpc) is 2.62. The van der Waals surface area contributed by atoms with Crippen molar-refractivity contribution in [3.63, 3.8) is 0 Å². The van der Waals surface area contributed by atoms with Gasteiger partial charge in [0.2, 0.25) is 0 Å². The van der Waals surface area contributed by atoms with E-state index >= 15 is 0 Å². The number of unbranched alkanes of at least 4 members (excludes halogenated alkanes) is 2. The summed E-state index contributed by atoms with van der Waals surface area (Å²) in [5, 5.41) is 0. The lowest BCUT2D eigenvalue weighted by Gasteiger charge is -2.15. The summed E-state index contributed by atoms with van der Waals surface area (Å²) in [6.07, 6.45) is 11.0. The predicted octanol–water partition coefficient (Wildman–Crippen LogP) is 3.85. The van der Waals surface area contributed by atoms with E-state index in [9.17, 15) is 4.79 Å². The number of hydrogen-bond acceptors (Lipinski definition) is 3. The predicted molar refractivity (Wildman–Crippen MR) is 72.5 cm³/mol. The molecule has 106 valence electrons. The maximum atomic E-state index is 11.7. The first-order valence-electron chi connectivity index (χ1n) is 7.60. The monoisotopic (exact) mass is 256 g/mol. The molecule has 0 aromatic heterocycles. The van der Waals surface area contributed by atoms with Gasteiger partial charge in [-0.2, -0.15) is 0 Å². The van der Waals surface area contributed by atoms with Crippen molar-refractivity contribution in [1.82, 2.24) is 0 Å². The Balaban J connectivity index is 1.98. The zero-order chi connectivity index (χ0) is 13.1. The number of esters is 1. The molecule has 1 aliphatic carbocycles. The highest BCUT2D eigenvalue weighted by molar-refractivity contribution is 5.69. The van der Waals surface area contributed by atoms with E-state index in [0.717, 1.165) is 45.3 Å². The van der Waals surface area contributed by atoms with Gasteiger partial charge < -0.3 is 9.47 Å². The van der Waals surface area contributed by atoms with Crippen LogP contribution in [0.1, 0.15) is 71.1 Å². The van der Waals surface area contributed by atoms with E-state index in [2.05, 4.69) is 0 Å². The van der Waals surface area contributed by atoms with Crippen LogP contribution < -0.4 is 0 Å². The van der Waals surface area contributed by atoms with Gasteiger partial charge in [0.1, 0.15) is 6.10 Å². The molecule has 0 N–H and O–H groups in total. The summed E-state index contributed by atoms with van der Waals surface area (Å²) < 4.78 is 10.8. The van der Waals surface area contributed by atoms with Crippen LogP contribution in [-0.2, 0) is 14.3 Å². The molecule has 0 radical (unpaired) electrons. The summed E-state index contributed by atoms with van der Waals surface area (Å²) in [6.45, 7) is 3.60. The largest absolute Gasteiger partial charge is 0.462 e. The fourth-order valence-corrected chi connectivity index (χ4v) is 2.40. The first-order chi connectivity index (χ1) is 8.83. The minimum atomic E-state index is -0.00156. The molecule has 0 heterocycles. The first kappa shape index (κ1) is 15.5. The summed E-state index contributed by atoms with van der Waals surface area (Å²) in [7, 11) is 0. The second-order valence-corrected chi connectivity index (χ2v) is 5.11. The molecule has 1 aliphatic rings. The quantitative estimate of drug-likeness (QED) is 0.376. The van der Waals surface area contributed by atoms with Gasteiger partial charge in [-0.25, -0.2) is 0 Å². The van der Waals surface area contributed by atoms with Gasteiger partial charge in [0.25, 0.3) is 0 Å². The summed E-state index contributed by atoms with van der Waals surface area (Å²) in [5.74, 6) is -0.00156. The maximum absolute atomic E-state index is 11.7. The minimum Gasteiger partial charge on any atom is -0.462 e. The van der Waals surface area contributed by atoms with Crippen LogP contribution in [0.4, 0.5) is 0 Å². The van der Waals surface area contributed by atoms with Crippen molar-refractivity contribution in [1.29, 1.82) is 0 Å². The van der Waals surface area contributed by atoms with Crippen molar-refractivity contribution in [2.75, 3.05) is 13.2 Å². The number of carbonyl (C=O) groups is 1. The summed E-state index contributed by atoms with van der Waals surface area (Å²) in [5.41, 5.74) is 0. The molecule has 1 saturated carbocycles. The maximum Gasteiger partial charge on any atom is 0.306 e. The van der Waals surface area contributed by atoms with E-state index in [4.69, 9.17) is 9.47 Å². The number of ether oxygens (including phenoxy) is 2. The van der Waals surface area contributed by atoms with E-state index in [1.165, 1.54) is 25.7 Å². The Bertz CT molecular complexity index is 208. The van der Waals surface area contributed by atoms with Gasteiger partial charge in [0, 0.05) is 19.6 Å². The zero-order valence-corrected chi connectivity index (χ0v) is 11.8. The third-order valence-corrected chi connectivity index (χ3v) is 3.47. The normalized spacial score (nSPS) is 17.4. The van der Waals surface area contributed by atoms with E-state index in [1.54, 1.807) is 0 Å². The smallest absolute Gasteiger partial charge is 0.306 e. The molecule has 0 spiro atoms. The molecule has 0 aliphatic heterocycles. The summed E-state index contributed by atoms with van der Waals surface area (Å²) in [6, 6.07) is 0. The number of carbonyl (C=O) groups excluding carboxylic acids is 1. The third kappa shape index (κ3) is 7.70. The molecule has 3 heteroatoms. The van der Waals surface area contributed by atoms with Gasteiger partial charge in [-0.1, -0.05) is 19.3 Å². The van der Waals surface area contributed by atoms with Crippen LogP contribution in [0.25, 0.3) is 0 Å². The lowest BCUT2D eigenvalue weighted by Crippen LogP contribution is -2.17. The Morgan fingerprint density at radius 3 is 2.44 bits per heavy atom. The molecule has 0 unspecified atom stereocenters. The van der Waals surface area contributed by atoms with Crippen LogP contribution in [0.15, 0.2) is 0 Å². The van der Waals surface area contributed by atoms with Gasteiger partial charge in [-0.3, -0.25) is 4.79 Å². The topological polar surface area (TPSA) is 35.5 Å². The SMILES string of the molecule is CCOCCCCCC(=O)OC1CCCCCC1. The fraction of sp³-hybridized carbons (Fsp3) is 0.933. The Morgan fingerprint density at radius 2 is 1.78 bits per heavy atom. The Hall–Kier alpha value is -0.570. The van der Waals surface area contributed by atoms with Crippen LogP contribution in [0.3, 0.4) is 0 Å². The second kappa shape index (κ2) is 10.4. The molecule has 0 saturated heterocycles. The van der Waals surface area contributed by atoms with Crippen molar-refractivity contribution in [3.05, 3.63) is 0 Å². The first-order valence-corrected chi connectivity index (χ1v) is 7.60. The molecule has 0 aromatic rings. The molecular formula is C15H28O3. The lowest BCUT2D eigenvalue weighted by molar-refractivity contribution is -0.149. The van der Waals surface area contributed by atoms with E-state index < -0.39 is 0 Å². The van der Waals surface area contributed by atoms with Gasteiger partial charge >= 0.3 is 5.97 Å². The van der Waals surface area contributed by atoms with Crippen LogP contribution in [0, 0.1) is 0 Å². The van der Waals surface area contributed by atoms with Crippen molar-refractivity contribution < 1.29 is 14.3 Å². The highest BCUT2D eigenvalue weighted by Gasteiger charge is 2.16. The molecule has 0 aromatic carbocycles. The van der Waals surface area contributed by atoms with Crippen molar-refractivity contribution in [2.24, 2.45) is 0 Å². The molecule has 0 bridgehead atoms. The molecule has 3 nitrogen and oxygen atoms in total. The molecule has 1 fully saturated rings. The van der Waals surface area contributed by atoms with Gasteiger partial charge in [0.05, 0.1) is 0 Å². The molecule has 18 heavy (non-hydrogen) atoms. The summed E-state index contributed by atoms with van der Waals surface area (Å²) in [4.78, 5) is 11.7. The average molecular weight is 256 g/mol. The third-order valence-electron chi connectivity index (χ3n) is 3.47. The fourth-order valence-electron chi connectivity index (χ4n) is 2.40. The molecular weight excluding hydrogens is 228 g/mol. The van der Waals surface area contributed by atoms with Crippen molar-refractivity contribution in [2.45, 2.75) is 77.2 Å². The Kier molecular flexibility index (Phi) is 8.92. The highest BCUT2D eigenvalue weighted by atomic mass is 16.5. The van der Waals surface area contributed by atoms with E-state index in [0.29, 0.717) is 6.42 Å². The van der Waals surface area contributed by atoms with Gasteiger partial charge in [-0.15, -0.1) is 0 Å². The van der Waals surface area contributed by atoms with Crippen molar-refractivity contribution >= 4 is 5.97 Å². The zero-order valence-electron chi connectivity index (χ0n) is 11.8. The van der Waals surface area contributed by atoms with Gasteiger partial charge in [0.15, 0.2) is 0 Å². The van der Waals surface area contributed by atoms with Gasteiger partial charge in [-0.05, 0) is 45.4 Å². The van der Waals surface area contributed by atoms with Crippen LogP contribution in [0.5, 0.6) is 0 Å². The van der Waals surface area contributed by atoms with Crippen LogP contribution in [0.2, 0.25) is 0 Å². The van der Waals surface area contributed by atoms with Crippen LogP contribution in [-0.4, -0.2) is 25.3 Å². The van der Waals surface area contributed by atoms with E-state index in [-0.39, 0.29) is 12.1 Å². The lowest BCUT2D eigenvalue weighted by atomic mass is 10.1. The molecule has 0 atom stereocenters. The minimum absolute atomic E-state index is 0.00156. The molecule has 1 rings (SSSR count). The number of rotatable bonds is 8. The second-order valence-electron chi connectivity index (χ2n) is 5.11. The number of hydrogen-bond donors (Lipinski definition) is 0.